The van der Waals surface area contributed by atoms with Crippen LogP contribution in [0.3, 0.4) is 0 Å². The van der Waals surface area contributed by atoms with E-state index in [2.05, 4.69) is 19.2 Å². The number of aromatic nitrogens is 1. The molecule has 0 saturated carbocycles. The van der Waals surface area contributed by atoms with E-state index >= 15 is 0 Å². The van der Waals surface area contributed by atoms with Crippen LogP contribution < -0.4 is 10.1 Å². The molecule has 2 rings (SSSR count). The summed E-state index contributed by atoms with van der Waals surface area (Å²) in [4.78, 5) is 11.9. The van der Waals surface area contributed by atoms with Crippen LogP contribution in [0.2, 0.25) is 0 Å². The number of unbranched alkanes of at least 4 members (excludes halogenated alkanes) is 1. The number of hydrogen-bond acceptors (Lipinski definition) is 2. The van der Waals surface area contributed by atoms with E-state index < -0.39 is 0 Å². The highest BCUT2D eigenvalue weighted by Gasteiger charge is 2.06. The average molecular weight is 288 g/mol. The van der Waals surface area contributed by atoms with Gasteiger partial charge in [-0.3, -0.25) is 4.79 Å². The Morgan fingerprint density at radius 1 is 1.24 bits per heavy atom. The molecule has 21 heavy (non-hydrogen) atoms. The van der Waals surface area contributed by atoms with Crippen molar-refractivity contribution in [2.45, 2.75) is 39.7 Å². The first-order valence-corrected chi connectivity index (χ1v) is 7.73. The Morgan fingerprint density at radius 3 is 2.86 bits per heavy atom. The number of benzene rings is 1. The summed E-state index contributed by atoms with van der Waals surface area (Å²) in [7, 11) is 0. The highest BCUT2D eigenvalue weighted by atomic mass is 16.5. The molecule has 1 aromatic carbocycles. The normalized spacial score (nSPS) is 10.8. The third kappa shape index (κ3) is 4.25. The molecule has 114 valence electrons. The van der Waals surface area contributed by atoms with E-state index in [1.54, 1.807) is 0 Å². The van der Waals surface area contributed by atoms with Gasteiger partial charge >= 0.3 is 0 Å². The van der Waals surface area contributed by atoms with E-state index in [4.69, 9.17) is 4.74 Å². The molecule has 0 radical (unpaired) electrons. The average Bonchev–Trinajstić information content (AvgIpc) is 2.88. The second-order valence-corrected chi connectivity index (χ2v) is 5.22. The molecule has 0 unspecified atom stereocenters. The number of hydrogen-bond donors (Lipinski definition) is 1. The number of ether oxygens (including phenoxy) is 1. The highest BCUT2D eigenvalue weighted by molar-refractivity contribution is 5.84. The van der Waals surface area contributed by atoms with E-state index in [1.165, 1.54) is 0 Å². The molecule has 1 N–H and O–H groups in total. The lowest BCUT2D eigenvalue weighted by atomic mass is 10.2. The van der Waals surface area contributed by atoms with E-state index in [-0.39, 0.29) is 5.91 Å². The lowest BCUT2D eigenvalue weighted by molar-refractivity contribution is -0.121. The first-order valence-electron chi connectivity index (χ1n) is 7.73. The van der Waals surface area contributed by atoms with Gasteiger partial charge in [-0.25, -0.2) is 0 Å². The Morgan fingerprint density at radius 2 is 2.10 bits per heavy atom. The van der Waals surface area contributed by atoms with Crippen LogP contribution in [-0.2, 0) is 11.3 Å². The Balaban J connectivity index is 2.02. The van der Waals surface area contributed by atoms with Gasteiger partial charge in [-0.05, 0) is 37.1 Å². The van der Waals surface area contributed by atoms with Crippen molar-refractivity contribution in [1.82, 2.24) is 9.88 Å². The minimum atomic E-state index is 0.0623. The summed E-state index contributed by atoms with van der Waals surface area (Å²) in [5.41, 5.74) is 1.06. The minimum Gasteiger partial charge on any atom is -0.494 e. The smallest absolute Gasteiger partial charge is 0.239 e. The zero-order chi connectivity index (χ0) is 15.1. The van der Waals surface area contributed by atoms with Crippen LogP contribution in [0, 0.1) is 0 Å². The van der Waals surface area contributed by atoms with Crippen LogP contribution in [0.4, 0.5) is 0 Å². The van der Waals surface area contributed by atoms with Gasteiger partial charge in [0.25, 0.3) is 0 Å². The number of fused-ring (bicyclic) bond motifs is 1. The lowest BCUT2D eigenvalue weighted by Crippen LogP contribution is -2.28. The fourth-order valence-corrected chi connectivity index (χ4v) is 2.24. The van der Waals surface area contributed by atoms with Crippen LogP contribution >= 0.6 is 0 Å². The molecular formula is C17H24N2O2. The fraction of sp³-hybridized carbons (Fsp3) is 0.471. The maximum absolute atomic E-state index is 11.9. The van der Waals surface area contributed by atoms with Crippen LogP contribution in [0.1, 0.15) is 33.1 Å². The Hall–Kier alpha value is -1.97. The van der Waals surface area contributed by atoms with Gasteiger partial charge in [-0.15, -0.1) is 0 Å². The summed E-state index contributed by atoms with van der Waals surface area (Å²) in [6.07, 6.45) is 5.06. The van der Waals surface area contributed by atoms with Crippen LogP contribution in [-0.4, -0.2) is 23.6 Å². The van der Waals surface area contributed by atoms with Crippen molar-refractivity contribution in [3.8, 4) is 5.75 Å². The number of rotatable bonds is 8. The highest BCUT2D eigenvalue weighted by Crippen LogP contribution is 2.22. The second-order valence-electron chi connectivity index (χ2n) is 5.22. The molecule has 4 heteroatoms. The standard InChI is InChI=1S/C17H24N2O2/c1-3-5-9-18-17(20)13-19-10-8-14-12-15(21-11-4-2)6-7-16(14)19/h6-8,10,12H,3-5,9,11,13H2,1-2H3,(H,18,20). The molecule has 0 fully saturated rings. The summed E-state index contributed by atoms with van der Waals surface area (Å²) >= 11 is 0. The van der Waals surface area contributed by atoms with Gasteiger partial charge in [0.15, 0.2) is 0 Å². The van der Waals surface area contributed by atoms with Gasteiger partial charge in [0.1, 0.15) is 12.3 Å². The number of carbonyl (C=O) groups excluding carboxylic acids is 1. The molecule has 0 aliphatic carbocycles. The van der Waals surface area contributed by atoms with Gasteiger partial charge in [-0.2, -0.15) is 0 Å². The van der Waals surface area contributed by atoms with Gasteiger partial charge in [-0.1, -0.05) is 20.3 Å². The zero-order valence-corrected chi connectivity index (χ0v) is 12.9. The molecule has 2 aromatic rings. The molecule has 4 nitrogen and oxygen atoms in total. The van der Waals surface area contributed by atoms with E-state index in [0.717, 1.165) is 49.1 Å². The molecule has 0 bridgehead atoms. The maximum atomic E-state index is 11.9. The van der Waals surface area contributed by atoms with Gasteiger partial charge in [0.2, 0.25) is 5.91 Å². The van der Waals surface area contributed by atoms with Crippen LogP contribution in [0.15, 0.2) is 30.5 Å². The number of nitrogens with zero attached hydrogens (tertiary/aromatic N) is 1. The first-order chi connectivity index (χ1) is 10.2. The van der Waals surface area contributed by atoms with Crippen molar-refractivity contribution < 1.29 is 9.53 Å². The third-order valence-electron chi connectivity index (χ3n) is 3.38. The number of carbonyl (C=O) groups is 1. The molecular weight excluding hydrogens is 264 g/mol. The summed E-state index contributed by atoms with van der Waals surface area (Å²) < 4.78 is 7.60. The van der Waals surface area contributed by atoms with Gasteiger partial charge in [0, 0.05) is 23.6 Å². The van der Waals surface area contributed by atoms with Gasteiger partial charge in [0.05, 0.1) is 6.61 Å². The Kier molecular flexibility index (Phi) is 5.67. The maximum Gasteiger partial charge on any atom is 0.239 e. The van der Waals surface area contributed by atoms with E-state index in [9.17, 15) is 4.79 Å². The van der Waals surface area contributed by atoms with Crippen molar-refractivity contribution >= 4 is 16.8 Å². The first kappa shape index (κ1) is 15.4. The molecule has 1 aromatic heterocycles. The third-order valence-corrected chi connectivity index (χ3v) is 3.38. The minimum absolute atomic E-state index is 0.0623. The number of amides is 1. The fourth-order valence-electron chi connectivity index (χ4n) is 2.24. The molecule has 0 spiro atoms. The second kappa shape index (κ2) is 7.72. The zero-order valence-electron chi connectivity index (χ0n) is 12.9. The summed E-state index contributed by atoms with van der Waals surface area (Å²) in [5.74, 6) is 0.946. The van der Waals surface area contributed by atoms with Crippen LogP contribution in [0.25, 0.3) is 10.9 Å². The SMILES string of the molecule is CCCCNC(=O)Cn1ccc2cc(OCCC)ccc21. The summed E-state index contributed by atoms with van der Waals surface area (Å²) in [6, 6.07) is 8.02. The Bertz CT molecular complexity index is 589. The monoisotopic (exact) mass is 288 g/mol. The molecule has 0 atom stereocenters. The largest absolute Gasteiger partial charge is 0.494 e. The van der Waals surface area contributed by atoms with Crippen molar-refractivity contribution in [3.63, 3.8) is 0 Å². The predicted octanol–water partition coefficient (Wildman–Crippen LogP) is 3.35. The Labute approximate surface area is 126 Å². The number of nitrogens with one attached hydrogen (secondary N) is 1. The molecule has 0 aliphatic rings. The van der Waals surface area contributed by atoms with E-state index in [0.29, 0.717) is 6.54 Å². The topological polar surface area (TPSA) is 43.3 Å². The van der Waals surface area contributed by atoms with Crippen molar-refractivity contribution in [3.05, 3.63) is 30.5 Å². The lowest BCUT2D eigenvalue weighted by Gasteiger charge is -2.08. The van der Waals surface area contributed by atoms with Crippen LogP contribution in [0.5, 0.6) is 5.75 Å². The van der Waals surface area contributed by atoms with Crippen molar-refractivity contribution in [1.29, 1.82) is 0 Å². The molecule has 0 aliphatic heterocycles. The van der Waals surface area contributed by atoms with E-state index in [1.807, 2.05) is 35.0 Å². The summed E-state index contributed by atoms with van der Waals surface area (Å²) in [6.45, 7) is 6.05. The molecule has 1 amide bonds. The quantitative estimate of drug-likeness (QED) is 0.757. The van der Waals surface area contributed by atoms with Gasteiger partial charge < -0.3 is 14.6 Å². The summed E-state index contributed by atoms with van der Waals surface area (Å²) in [5, 5.41) is 4.04. The van der Waals surface area contributed by atoms with Crippen molar-refractivity contribution in [2.24, 2.45) is 0 Å². The molecule has 0 saturated heterocycles. The predicted molar refractivity (Wildman–Crippen MR) is 85.6 cm³/mol. The molecule has 1 heterocycles. The van der Waals surface area contributed by atoms with Crippen molar-refractivity contribution in [2.75, 3.05) is 13.2 Å².